The fourth-order valence-electron chi connectivity index (χ4n) is 2.31. The van der Waals surface area contributed by atoms with E-state index in [9.17, 15) is 9.59 Å². The van der Waals surface area contributed by atoms with Crippen LogP contribution in [0, 0.1) is 0 Å². The lowest BCUT2D eigenvalue weighted by Gasteiger charge is -2.34. The number of piperazine rings is 1. The van der Waals surface area contributed by atoms with Gasteiger partial charge in [0, 0.05) is 5.69 Å². The van der Waals surface area contributed by atoms with Gasteiger partial charge in [0.1, 0.15) is 11.8 Å². The van der Waals surface area contributed by atoms with E-state index >= 15 is 0 Å². The van der Waals surface area contributed by atoms with Gasteiger partial charge in [-0.25, -0.2) is 0 Å². The van der Waals surface area contributed by atoms with Crippen molar-refractivity contribution in [2.24, 2.45) is 0 Å². The minimum atomic E-state index is -0.437. The Kier molecular flexibility index (Phi) is 4.27. The first-order chi connectivity index (χ1) is 9.52. The lowest BCUT2D eigenvalue weighted by Crippen LogP contribution is -2.58. The van der Waals surface area contributed by atoms with Crippen molar-refractivity contribution in [1.29, 1.82) is 0 Å². The second-order valence-electron chi connectivity index (χ2n) is 5.07. The molecule has 0 radical (unpaired) electrons. The first-order valence-corrected chi connectivity index (χ1v) is 6.89. The summed E-state index contributed by atoms with van der Waals surface area (Å²) < 4.78 is 5.57. The molecule has 1 heterocycles. The molecule has 1 aliphatic heterocycles. The zero-order valence-electron chi connectivity index (χ0n) is 12.1. The Morgan fingerprint density at radius 3 is 2.50 bits per heavy atom. The van der Waals surface area contributed by atoms with E-state index in [4.69, 9.17) is 4.74 Å². The average molecular weight is 276 g/mol. The molecule has 1 aromatic carbocycles. The summed E-state index contributed by atoms with van der Waals surface area (Å²) >= 11 is 0. The maximum Gasteiger partial charge on any atom is 0.247 e. The summed E-state index contributed by atoms with van der Waals surface area (Å²) in [5, 5.41) is 2.62. The Bertz CT molecular complexity index is 496. The highest BCUT2D eigenvalue weighted by atomic mass is 16.5. The number of carbonyl (C=O) groups is 2. The fraction of sp³-hybridized carbons (Fsp3) is 0.467. The number of ether oxygens (including phenoxy) is 1. The van der Waals surface area contributed by atoms with Crippen molar-refractivity contribution in [2.45, 2.75) is 39.3 Å². The van der Waals surface area contributed by atoms with Crippen molar-refractivity contribution < 1.29 is 14.3 Å². The Morgan fingerprint density at radius 2 is 1.95 bits per heavy atom. The Hall–Kier alpha value is -2.04. The molecular weight excluding hydrogens is 256 g/mol. The third kappa shape index (κ3) is 2.92. The van der Waals surface area contributed by atoms with E-state index in [2.05, 4.69) is 5.32 Å². The van der Waals surface area contributed by atoms with Crippen LogP contribution in [0.15, 0.2) is 24.3 Å². The van der Waals surface area contributed by atoms with Gasteiger partial charge in [-0.1, -0.05) is 6.92 Å². The normalized spacial score (nSPS) is 19.2. The third-order valence-electron chi connectivity index (χ3n) is 3.17. The molecule has 1 N–H and O–H groups in total. The van der Waals surface area contributed by atoms with Crippen LogP contribution in [0.25, 0.3) is 0 Å². The van der Waals surface area contributed by atoms with Crippen LogP contribution >= 0.6 is 0 Å². The molecule has 20 heavy (non-hydrogen) atoms. The average Bonchev–Trinajstić information content (AvgIpc) is 2.41. The van der Waals surface area contributed by atoms with Gasteiger partial charge in [0.2, 0.25) is 11.8 Å². The molecule has 0 bridgehead atoms. The molecule has 2 rings (SSSR count). The molecule has 1 unspecified atom stereocenters. The number of carbonyl (C=O) groups excluding carboxylic acids is 2. The number of hydrogen-bond acceptors (Lipinski definition) is 3. The molecular formula is C15H20N2O3. The second-order valence-corrected chi connectivity index (χ2v) is 5.07. The van der Waals surface area contributed by atoms with Crippen LogP contribution in [0.1, 0.15) is 27.2 Å². The minimum Gasteiger partial charge on any atom is -0.491 e. The van der Waals surface area contributed by atoms with Gasteiger partial charge in [-0.05, 0) is 44.5 Å². The van der Waals surface area contributed by atoms with E-state index in [1.807, 2.05) is 45.0 Å². The summed E-state index contributed by atoms with van der Waals surface area (Å²) in [5.74, 6) is 0.564. The van der Waals surface area contributed by atoms with E-state index in [1.54, 1.807) is 4.90 Å². The molecule has 0 aliphatic carbocycles. The fourth-order valence-corrected chi connectivity index (χ4v) is 2.31. The minimum absolute atomic E-state index is 0.0551. The van der Waals surface area contributed by atoms with Crippen molar-refractivity contribution in [1.82, 2.24) is 5.32 Å². The SMILES string of the molecule is CCC1C(=O)NCC(=O)N1c1ccc(OC(C)C)cc1. The van der Waals surface area contributed by atoms with E-state index in [0.29, 0.717) is 6.42 Å². The summed E-state index contributed by atoms with van der Waals surface area (Å²) in [6, 6.07) is 6.84. The van der Waals surface area contributed by atoms with Crippen LogP contribution < -0.4 is 15.0 Å². The van der Waals surface area contributed by atoms with Crippen LogP contribution in [0.4, 0.5) is 5.69 Å². The van der Waals surface area contributed by atoms with Crippen LogP contribution in [0.5, 0.6) is 5.75 Å². The molecule has 1 fully saturated rings. The third-order valence-corrected chi connectivity index (χ3v) is 3.17. The standard InChI is InChI=1S/C15H20N2O3/c1-4-13-15(19)16-9-14(18)17(13)11-5-7-12(8-6-11)20-10(2)3/h5-8,10,13H,4,9H2,1-3H3,(H,16,19). The molecule has 5 heteroatoms. The summed E-state index contributed by atoms with van der Waals surface area (Å²) in [7, 11) is 0. The first kappa shape index (κ1) is 14.4. The van der Waals surface area contributed by atoms with Crippen LogP contribution in [0.3, 0.4) is 0 Å². The zero-order chi connectivity index (χ0) is 14.7. The Labute approximate surface area is 118 Å². The van der Waals surface area contributed by atoms with Crippen molar-refractivity contribution in [2.75, 3.05) is 11.4 Å². The number of anilines is 1. The first-order valence-electron chi connectivity index (χ1n) is 6.89. The molecule has 0 spiro atoms. The van der Waals surface area contributed by atoms with E-state index in [1.165, 1.54) is 0 Å². The maximum absolute atomic E-state index is 12.1. The monoisotopic (exact) mass is 276 g/mol. The molecule has 1 saturated heterocycles. The molecule has 0 aromatic heterocycles. The van der Waals surface area contributed by atoms with Gasteiger partial charge in [0.25, 0.3) is 0 Å². The highest BCUT2D eigenvalue weighted by Gasteiger charge is 2.34. The van der Waals surface area contributed by atoms with Crippen molar-refractivity contribution in [3.8, 4) is 5.75 Å². The largest absolute Gasteiger partial charge is 0.491 e. The van der Waals surface area contributed by atoms with Crippen molar-refractivity contribution >= 4 is 17.5 Å². The molecule has 0 saturated carbocycles. The van der Waals surface area contributed by atoms with Crippen LogP contribution in [0.2, 0.25) is 0 Å². The van der Waals surface area contributed by atoms with Gasteiger partial charge >= 0.3 is 0 Å². The predicted molar refractivity (Wildman–Crippen MR) is 76.8 cm³/mol. The van der Waals surface area contributed by atoms with Crippen molar-refractivity contribution in [3.63, 3.8) is 0 Å². The Balaban J connectivity index is 2.23. The number of nitrogens with one attached hydrogen (secondary N) is 1. The smallest absolute Gasteiger partial charge is 0.247 e. The van der Waals surface area contributed by atoms with E-state index in [-0.39, 0.29) is 24.5 Å². The van der Waals surface area contributed by atoms with Gasteiger partial charge in [0.15, 0.2) is 0 Å². The molecule has 108 valence electrons. The number of rotatable bonds is 4. The van der Waals surface area contributed by atoms with Gasteiger partial charge in [-0.2, -0.15) is 0 Å². The van der Waals surface area contributed by atoms with Crippen molar-refractivity contribution in [3.05, 3.63) is 24.3 Å². The summed E-state index contributed by atoms with van der Waals surface area (Å²) in [4.78, 5) is 25.5. The topological polar surface area (TPSA) is 58.6 Å². The second kappa shape index (κ2) is 5.94. The predicted octanol–water partition coefficient (Wildman–Crippen LogP) is 1.72. The summed E-state index contributed by atoms with van der Waals surface area (Å²) in [5.41, 5.74) is 0.729. The maximum atomic E-state index is 12.1. The van der Waals surface area contributed by atoms with Gasteiger partial charge < -0.3 is 10.1 Å². The molecule has 1 aromatic rings. The van der Waals surface area contributed by atoms with Gasteiger partial charge in [0.05, 0.1) is 12.6 Å². The highest BCUT2D eigenvalue weighted by molar-refractivity contribution is 6.06. The quantitative estimate of drug-likeness (QED) is 0.911. The number of nitrogens with zero attached hydrogens (tertiary/aromatic N) is 1. The Morgan fingerprint density at radius 1 is 1.30 bits per heavy atom. The molecule has 5 nitrogen and oxygen atoms in total. The molecule has 2 amide bonds. The zero-order valence-corrected chi connectivity index (χ0v) is 12.1. The van der Waals surface area contributed by atoms with Gasteiger partial charge in [-0.15, -0.1) is 0 Å². The highest BCUT2D eigenvalue weighted by Crippen LogP contribution is 2.24. The number of benzene rings is 1. The number of amides is 2. The van der Waals surface area contributed by atoms with Crippen LogP contribution in [-0.2, 0) is 9.59 Å². The van der Waals surface area contributed by atoms with E-state index in [0.717, 1.165) is 11.4 Å². The van der Waals surface area contributed by atoms with Gasteiger partial charge in [-0.3, -0.25) is 14.5 Å². The summed E-state index contributed by atoms with van der Waals surface area (Å²) in [6.45, 7) is 5.87. The van der Waals surface area contributed by atoms with E-state index < -0.39 is 6.04 Å². The molecule has 1 atom stereocenters. The van der Waals surface area contributed by atoms with Crippen LogP contribution in [-0.4, -0.2) is 30.5 Å². The number of hydrogen-bond donors (Lipinski definition) is 1. The summed E-state index contributed by atoms with van der Waals surface area (Å²) in [6.07, 6.45) is 0.689. The lowest BCUT2D eigenvalue weighted by atomic mass is 10.1. The molecule has 1 aliphatic rings. The lowest BCUT2D eigenvalue weighted by molar-refractivity contribution is -0.131.